The Morgan fingerprint density at radius 3 is 2.64 bits per heavy atom. The van der Waals surface area contributed by atoms with Gasteiger partial charge in [-0.2, -0.15) is 0 Å². The number of aromatic hydroxyl groups is 2. The van der Waals surface area contributed by atoms with Gasteiger partial charge in [0, 0.05) is 19.6 Å². The number of phenols is 2. The minimum absolute atomic E-state index is 0.109. The van der Waals surface area contributed by atoms with Crippen LogP contribution in [0.1, 0.15) is 29.3 Å². The van der Waals surface area contributed by atoms with Gasteiger partial charge in [0.05, 0.1) is 6.10 Å². The summed E-state index contributed by atoms with van der Waals surface area (Å²) in [5, 5.41) is 19.2. The molecule has 1 fully saturated rings. The lowest BCUT2D eigenvalue weighted by Gasteiger charge is -2.32. The van der Waals surface area contributed by atoms with Crippen LogP contribution >= 0.6 is 0 Å². The summed E-state index contributed by atoms with van der Waals surface area (Å²) < 4.78 is 15.6. The first-order chi connectivity index (χ1) is 10.3. The fraction of sp³-hybridized carbons (Fsp3) is 0.467. The van der Waals surface area contributed by atoms with Crippen LogP contribution in [0.3, 0.4) is 0 Å². The van der Waals surface area contributed by atoms with Gasteiger partial charge in [-0.3, -0.25) is 4.79 Å². The molecule has 2 N–H and O–H groups in total. The monoisotopic (exact) mass is 310 g/mol. The second-order valence-corrected chi connectivity index (χ2v) is 5.20. The largest absolute Gasteiger partial charge is 0.508 e. The third kappa shape index (κ3) is 3.20. The second-order valence-electron chi connectivity index (χ2n) is 5.20. The number of carbonyl (C=O) groups excluding carboxylic acids is 2. The van der Waals surface area contributed by atoms with Crippen molar-refractivity contribution in [3.63, 3.8) is 0 Å². The number of hydrogen-bond donors (Lipinski definition) is 2. The van der Waals surface area contributed by atoms with Crippen LogP contribution in [0.15, 0.2) is 12.1 Å². The lowest BCUT2D eigenvalue weighted by atomic mass is 10.0. The minimum atomic E-state index is -1.19. The van der Waals surface area contributed by atoms with Crippen molar-refractivity contribution in [3.05, 3.63) is 23.3 Å². The molecule has 1 aromatic carbocycles. The molecular formula is C15H18O7. The number of esters is 1. The highest BCUT2D eigenvalue weighted by Gasteiger charge is 2.39. The van der Waals surface area contributed by atoms with Gasteiger partial charge < -0.3 is 24.4 Å². The van der Waals surface area contributed by atoms with Crippen molar-refractivity contribution in [1.29, 1.82) is 0 Å². The number of methoxy groups -OCH3 is 1. The van der Waals surface area contributed by atoms with Crippen molar-refractivity contribution in [3.8, 4) is 11.5 Å². The first-order valence-electron chi connectivity index (χ1n) is 6.78. The highest BCUT2D eigenvalue weighted by atomic mass is 16.7. The number of rotatable bonds is 3. The number of ketones is 1. The fourth-order valence-corrected chi connectivity index (χ4v) is 2.39. The SMILES string of the molecule is COC1OC(C)CC(=O)C1OC(=O)c1c(C)cc(O)cc1O. The lowest BCUT2D eigenvalue weighted by Crippen LogP contribution is -2.48. The van der Waals surface area contributed by atoms with Crippen LogP contribution in [-0.2, 0) is 19.0 Å². The van der Waals surface area contributed by atoms with Crippen LogP contribution < -0.4 is 0 Å². The summed E-state index contributed by atoms with van der Waals surface area (Å²) in [7, 11) is 1.35. The molecule has 2 rings (SSSR count). The fourth-order valence-electron chi connectivity index (χ4n) is 2.39. The number of aryl methyl sites for hydroxylation is 1. The molecule has 0 aliphatic carbocycles. The van der Waals surface area contributed by atoms with Crippen LogP contribution in [0.25, 0.3) is 0 Å². The Balaban J connectivity index is 2.23. The molecule has 1 saturated heterocycles. The maximum Gasteiger partial charge on any atom is 0.343 e. The molecule has 22 heavy (non-hydrogen) atoms. The molecule has 0 saturated carbocycles. The third-order valence-electron chi connectivity index (χ3n) is 3.39. The molecule has 7 nitrogen and oxygen atoms in total. The molecule has 7 heteroatoms. The van der Waals surface area contributed by atoms with Crippen LogP contribution in [-0.4, -0.2) is 47.6 Å². The van der Waals surface area contributed by atoms with Crippen LogP contribution in [0.4, 0.5) is 0 Å². The first kappa shape index (κ1) is 16.3. The zero-order valence-electron chi connectivity index (χ0n) is 12.5. The molecule has 0 amide bonds. The van der Waals surface area contributed by atoms with Crippen molar-refractivity contribution in [2.45, 2.75) is 38.8 Å². The number of hydrogen-bond acceptors (Lipinski definition) is 7. The standard InChI is InChI=1S/C15H18O7/c1-7-4-9(16)6-10(17)12(7)14(19)22-13-11(18)5-8(2)21-15(13)20-3/h4,6,8,13,15-17H,5H2,1-3H3. The molecular weight excluding hydrogens is 292 g/mol. The summed E-state index contributed by atoms with van der Waals surface area (Å²) >= 11 is 0. The van der Waals surface area contributed by atoms with E-state index >= 15 is 0 Å². The van der Waals surface area contributed by atoms with Crippen molar-refractivity contribution < 1.29 is 34.0 Å². The van der Waals surface area contributed by atoms with Gasteiger partial charge >= 0.3 is 5.97 Å². The Labute approximate surface area is 127 Å². The van der Waals surface area contributed by atoms with Gasteiger partial charge in [-0.1, -0.05) is 0 Å². The van der Waals surface area contributed by atoms with E-state index in [2.05, 4.69) is 0 Å². The topological polar surface area (TPSA) is 102 Å². The number of carbonyl (C=O) groups is 2. The predicted molar refractivity (Wildman–Crippen MR) is 74.7 cm³/mol. The van der Waals surface area contributed by atoms with E-state index < -0.39 is 24.1 Å². The summed E-state index contributed by atoms with van der Waals surface area (Å²) in [4.78, 5) is 24.3. The van der Waals surface area contributed by atoms with Gasteiger partial charge in [0.1, 0.15) is 17.1 Å². The highest BCUT2D eigenvalue weighted by Crippen LogP contribution is 2.29. The van der Waals surface area contributed by atoms with Gasteiger partial charge in [0.15, 0.2) is 5.78 Å². The minimum Gasteiger partial charge on any atom is -0.508 e. The average Bonchev–Trinajstić information content (AvgIpc) is 2.40. The van der Waals surface area contributed by atoms with Crippen molar-refractivity contribution in [2.24, 2.45) is 0 Å². The van der Waals surface area contributed by atoms with Crippen molar-refractivity contribution >= 4 is 11.8 Å². The molecule has 3 unspecified atom stereocenters. The normalized spacial score (nSPS) is 25.0. The van der Waals surface area contributed by atoms with Crippen molar-refractivity contribution in [2.75, 3.05) is 7.11 Å². The van der Waals surface area contributed by atoms with E-state index in [-0.39, 0.29) is 29.6 Å². The average molecular weight is 310 g/mol. The molecule has 1 heterocycles. The Bertz CT molecular complexity index is 573. The number of ether oxygens (including phenoxy) is 3. The van der Waals surface area contributed by atoms with E-state index in [4.69, 9.17) is 14.2 Å². The van der Waals surface area contributed by atoms with Gasteiger partial charge in [0.2, 0.25) is 12.4 Å². The first-order valence-corrected chi connectivity index (χ1v) is 6.78. The smallest absolute Gasteiger partial charge is 0.343 e. The van der Waals surface area contributed by atoms with Crippen LogP contribution in [0.2, 0.25) is 0 Å². The van der Waals surface area contributed by atoms with E-state index in [9.17, 15) is 19.8 Å². The third-order valence-corrected chi connectivity index (χ3v) is 3.39. The van der Waals surface area contributed by atoms with E-state index in [1.807, 2.05) is 0 Å². The molecule has 0 radical (unpaired) electrons. The number of benzene rings is 1. The Kier molecular flexibility index (Phi) is 4.68. The van der Waals surface area contributed by atoms with Gasteiger partial charge in [-0.25, -0.2) is 4.79 Å². The number of Topliss-reactive ketones (excluding diaryl/α,β-unsaturated/α-hetero) is 1. The van der Waals surface area contributed by atoms with E-state index in [0.29, 0.717) is 5.56 Å². The summed E-state index contributed by atoms with van der Waals surface area (Å²) in [5.74, 6) is -1.79. The molecule has 1 aromatic rings. The maximum absolute atomic E-state index is 12.2. The van der Waals surface area contributed by atoms with Gasteiger partial charge in [-0.05, 0) is 25.5 Å². The molecule has 120 valence electrons. The van der Waals surface area contributed by atoms with E-state index in [1.54, 1.807) is 6.92 Å². The lowest BCUT2D eigenvalue weighted by molar-refractivity contribution is -0.219. The quantitative estimate of drug-likeness (QED) is 0.811. The molecule has 1 aliphatic heterocycles. The van der Waals surface area contributed by atoms with Gasteiger partial charge in [-0.15, -0.1) is 0 Å². The predicted octanol–water partition coefficient (Wildman–Crippen LogP) is 1.28. The van der Waals surface area contributed by atoms with Crippen LogP contribution in [0.5, 0.6) is 11.5 Å². The Hall–Kier alpha value is -2.12. The maximum atomic E-state index is 12.2. The van der Waals surface area contributed by atoms with E-state index in [1.165, 1.54) is 20.1 Å². The highest BCUT2D eigenvalue weighted by molar-refractivity contribution is 5.96. The van der Waals surface area contributed by atoms with Crippen LogP contribution in [0, 0.1) is 6.92 Å². The van der Waals surface area contributed by atoms with Crippen molar-refractivity contribution in [1.82, 2.24) is 0 Å². The second kappa shape index (κ2) is 6.33. The molecule has 0 aromatic heterocycles. The Morgan fingerprint density at radius 1 is 1.36 bits per heavy atom. The summed E-state index contributed by atoms with van der Waals surface area (Å²) in [6, 6.07) is 2.34. The number of phenolic OH excluding ortho intramolecular Hbond substituents is 2. The summed E-state index contributed by atoms with van der Waals surface area (Å²) in [5.41, 5.74) is 0.216. The summed E-state index contributed by atoms with van der Waals surface area (Å²) in [6.45, 7) is 3.25. The summed E-state index contributed by atoms with van der Waals surface area (Å²) in [6.07, 6.45) is -2.39. The zero-order valence-corrected chi connectivity index (χ0v) is 12.5. The van der Waals surface area contributed by atoms with Gasteiger partial charge in [0.25, 0.3) is 0 Å². The Morgan fingerprint density at radius 2 is 2.05 bits per heavy atom. The molecule has 0 spiro atoms. The molecule has 0 bridgehead atoms. The van der Waals surface area contributed by atoms with E-state index in [0.717, 1.165) is 6.07 Å². The zero-order chi connectivity index (χ0) is 16.4. The molecule has 1 aliphatic rings. The molecule has 3 atom stereocenters.